The third-order valence-corrected chi connectivity index (χ3v) is 2.60. The van der Waals surface area contributed by atoms with E-state index < -0.39 is 12.0 Å². The summed E-state index contributed by atoms with van der Waals surface area (Å²) >= 11 is 0. The van der Waals surface area contributed by atoms with Crippen LogP contribution in [0.1, 0.15) is 36.7 Å². The predicted molar refractivity (Wildman–Crippen MR) is 67.5 cm³/mol. The zero-order valence-corrected chi connectivity index (χ0v) is 10.9. The maximum absolute atomic E-state index is 11.6. The zero-order valence-electron chi connectivity index (χ0n) is 10.9. The number of amides is 1. The van der Waals surface area contributed by atoms with Crippen molar-refractivity contribution < 1.29 is 14.7 Å². The molecule has 4 N–H and O–H groups in total. The van der Waals surface area contributed by atoms with Crippen molar-refractivity contribution in [2.75, 3.05) is 6.54 Å². The van der Waals surface area contributed by atoms with E-state index in [9.17, 15) is 9.59 Å². The van der Waals surface area contributed by atoms with Gasteiger partial charge >= 0.3 is 5.97 Å². The van der Waals surface area contributed by atoms with Gasteiger partial charge in [0.2, 0.25) is 5.91 Å². The van der Waals surface area contributed by atoms with Crippen molar-refractivity contribution in [3.8, 4) is 0 Å². The molecular weight excluding hydrogens is 250 g/mol. The van der Waals surface area contributed by atoms with Gasteiger partial charge < -0.3 is 16.2 Å². The lowest BCUT2D eigenvalue weighted by molar-refractivity contribution is -0.122. The second-order valence-electron chi connectivity index (χ2n) is 4.21. The van der Waals surface area contributed by atoms with Gasteiger partial charge in [-0.15, -0.1) is 5.10 Å². The number of nitrogens with one attached hydrogen (secondary N) is 1. The highest BCUT2D eigenvalue weighted by atomic mass is 16.4. The summed E-state index contributed by atoms with van der Waals surface area (Å²) in [6, 6.07) is -0.495. The first-order chi connectivity index (χ1) is 9.04. The van der Waals surface area contributed by atoms with Crippen LogP contribution in [0.3, 0.4) is 0 Å². The van der Waals surface area contributed by atoms with E-state index >= 15 is 0 Å². The van der Waals surface area contributed by atoms with E-state index in [2.05, 4.69) is 15.6 Å². The molecule has 1 atom stereocenters. The number of unbranched alkanes of at least 4 members (excludes halogenated alkanes) is 1. The molecule has 8 heteroatoms. The van der Waals surface area contributed by atoms with E-state index in [1.54, 1.807) is 0 Å². The van der Waals surface area contributed by atoms with Crippen molar-refractivity contribution in [1.29, 1.82) is 0 Å². The largest absolute Gasteiger partial charge is 0.476 e. The smallest absolute Gasteiger partial charge is 0.358 e. The van der Waals surface area contributed by atoms with Gasteiger partial charge in [0, 0.05) is 6.54 Å². The standard InChI is InChI=1S/C11H19N5O3/c1-2-3-4-8(12)10(17)13-5-6-16-7-9(11(18)19)14-15-16/h7-8H,2-6,12H2,1H3,(H,13,17)(H,18,19)/t8-/m0/s1. The summed E-state index contributed by atoms with van der Waals surface area (Å²) in [5.74, 6) is -1.33. The molecule has 1 aromatic heterocycles. The van der Waals surface area contributed by atoms with Crippen LogP contribution >= 0.6 is 0 Å². The molecule has 19 heavy (non-hydrogen) atoms. The van der Waals surface area contributed by atoms with Crippen LogP contribution in [0, 0.1) is 0 Å². The number of aromatic nitrogens is 3. The number of hydrogen-bond donors (Lipinski definition) is 3. The highest BCUT2D eigenvalue weighted by molar-refractivity contribution is 5.84. The summed E-state index contributed by atoms with van der Waals surface area (Å²) in [7, 11) is 0. The number of hydrogen-bond acceptors (Lipinski definition) is 5. The quantitative estimate of drug-likeness (QED) is 0.590. The van der Waals surface area contributed by atoms with E-state index in [-0.39, 0.29) is 11.6 Å². The minimum atomic E-state index is -1.13. The molecule has 0 aromatic carbocycles. The van der Waals surface area contributed by atoms with Crippen LogP contribution in [0.25, 0.3) is 0 Å². The highest BCUT2D eigenvalue weighted by Crippen LogP contribution is 1.98. The van der Waals surface area contributed by atoms with Gasteiger partial charge in [0.15, 0.2) is 5.69 Å². The molecule has 0 aliphatic rings. The minimum Gasteiger partial charge on any atom is -0.476 e. The second-order valence-corrected chi connectivity index (χ2v) is 4.21. The summed E-state index contributed by atoms with van der Waals surface area (Å²) in [6.45, 7) is 2.73. The normalized spacial score (nSPS) is 12.1. The zero-order chi connectivity index (χ0) is 14.3. The van der Waals surface area contributed by atoms with E-state index in [0.29, 0.717) is 19.5 Å². The summed E-state index contributed by atoms with van der Waals surface area (Å²) < 4.78 is 1.36. The topological polar surface area (TPSA) is 123 Å². The number of carboxylic acids is 1. The first kappa shape index (κ1) is 15.1. The molecule has 0 bridgehead atoms. The Morgan fingerprint density at radius 2 is 2.32 bits per heavy atom. The van der Waals surface area contributed by atoms with Crippen LogP contribution in [0.4, 0.5) is 0 Å². The average molecular weight is 269 g/mol. The van der Waals surface area contributed by atoms with Crippen molar-refractivity contribution in [2.45, 2.75) is 38.8 Å². The Morgan fingerprint density at radius 3 is 2.89 bits per heavy atom. The first-order valence-corrected chi connectivity index (χ1v) is 6.21. The lowest BCUT2D eigenvalue weighted by atomic mass is 10.1. The monoisotopic (exact) mass is 269 g/mol. The Labute approximate surface area is 111 Å². The maximum atomic E-state index is 11.6. The Kier molecular flexibility index (Phi) is 5.94. The number of rotatable bonds is 8. The fourth-order valence-electron chi connectivity index (χ4n) is 1.49. The Balaban J connectivity index is 2.29. The molecule has 1 amide bonds. The Bertz CT molecular complexity index is 432. The minimum absolute atomic E-state index is 0.119. The molecule has 0 aliphatic carbocycles. The Morgan fingerprint density at radius 1 is 1.58 bits per heavy atom. The number of nitrogens with zero attached hydrogens (tertiary/aromatic N) is 3. The van der Waals surface area contributed by atoms with Crippen LogP contribution in [-0.2, 0) is 11.3 Å². The van der Waals surface area contributed by atoms with Crippen LogP contribution in [0.15, 0.2) is 6.20 Å². The predicted octanol–water partition coefficient (Wildman–Crippen LogP) is -0.390. The van der Waals surface area contributed by atoms with Gasteiger partial charge in [-0.25, -0.2) is 9.48 Å². The fraction of sp³-hybridized carbons (Fsp3) is 0.636. The molecule has 0 unspecified atom stereocenters. The molecule has 1 rings (SSSR count). The van der Waals surface area contributed by atoms with Crippen LogP contribution < -0.4 is 11.1 Å². The molecule has 8 nitrogen and oxygen atoms in total. The fourth-order valence-corrected chi connectivity index (χ4v) is 1.49. The first-order valence-electron chi connectivity index (χ1n) is 6.21. The SMILES string of the molecule is CCCC[C@H](N)C(=O)NCCn1cc(C(=O)O)nn1. The molecule has 106 valence electrons. The van der Waals surface area contributed by atoms with Crippen LogP contribution in [0.2, 0.25) is 0 Å². The summed E-state index contributed by atoms with van der Waals surface area (Å²) in [5.41, 5.74) is 5.58. The summed E-state index contributed by atoms with van der Waals surface area (Å²) in [4.78, 5) is 22.2. The number of carbonyl (C=O) groups is 2. The second kappa shape index (κ2) is 7.47. The lowest BCUT2D eigenvalue weighted by Crippen LogP contribution is -2.41. The lowest BCUT2D eigenvalue weighted by Gasteiger charge is -2.11. The molecule has 0 radical (unpaired) electrons. The van der Waals surface area contributed by atoms with Crippen LogP contribution in [0.5, 0.6) is 0 Å². The number of carbonyl (C=O) groups excluding carboxylic acids is 1. The van der Waals surface area contributed by atoms with Crippen molar-refractivity contribution in [2.24, 2.45) is 5.73 Å². The molecule has 1 heterocycles. The summed E-state index contributed by atoms with van der Waals surface area (Å²) in [5, 5.41) is 18.4. The van der Waals surface area contributed by atoms with Crippen molar-refractivity contribution in [1.82, 2.24) is 20.3 Å². The number of aromatic carboxylic acids is 1. The third-order valence-electron chi connectivity index (χ3n) is 2.60. The number of nitrogens with two attached hydrogens (primary N) is 1. The molecule has 0 saturated carbocycles. The van der Waals surface area contributed by atoms with Crippen molar-refractivity contribution >= 4 is 11.9 Å². The van der Waals surface area contributed by atoms with Gasteiger partial charge in [-0.05, 0) is 6.42 Å². The molecule has 0 spiro atoms. The Hall–Kier alpha value is -1.96. The number of carboxylic acid groups (broad SMARTS) is 1. The maximum Gasteiger partial charge on any atom is 0.358 e. The third kappa shape index (κ3) is 5.04. The van der Waals surface area contributed by atoms with Crippen molar-refractivity contribution in [3.05, 3.63) is 11.9 Å². The van der Waals surface area contributed by atoms with E-state index in [4.69, 9.17) is 10.8 Å². The summed E-state index contributed by atoms with van der Waals surface area (Å²) in [6.07, 6.45) is 3.89. The van der Waals surface area contributed by atoms with Gasteiger partial charge in [-0.2, -0.15) is 0 Å². The van der Waals surface area contributed by atoms with E-state index in [0.717, 1.165) is 12.8 Å². The highest BCUT2D eigenvalue weighted by Gasteiger charge is 2.12. The van der Waals surface area contributed by atoms with Gasteiger partial charge in [0.05, 0.1) is 18.8 Å². The van der Waals surface area contributed by atoms with Gasteiger partial charge in [-0.3, -0.25) is 4.79 Å². The average Bonchev–Trinajstić information content (AvgIpc) is 2.84. The molecule has 1 aromatic rings. The van der Waals surface area contributed by atoms with Gasteiger partial charge in [0.25, 0.3) is 0 Å². The van der Waals surface area contributed by atoms with E-state index in [1.165, 1.54) is 10.9 Å². The molecular formula is C11H19N5O3. The van der Waals surface area contributed by atoms with Gasteiger partial charge in [-0.1, -0.05) is 25.0 Å². The molecule has 0 fully saturated rings. The van der Waals surface area contributed by atoms with E-state index in [1.807, 2.05) is 6.92 Å². The van der Waals surface area contributed by atoms with Crippen molar-refractivity contribution in [3.63, 3.8) is 0 Å². The van der Waals surface area contributed by atoms with Crippen LogP contribution in [-0.4, -0.2) is 44.6 Å². The van der Waals surface area contributed by atoms with Gasteiger partial charge in [0.1, 0.15) is 0 Å². The molecule has 0 aliphatic heterocycles. The molecule has 0 saturated heterocycles.